The summed E-state index contributed by atoms with van der Waals surface area (Å²) in [4.78, 5) is 19.5. The topological polar surface area (TPSA) is 73.8 Å². The number of benzene rings is 1. The fourth-order valence-corrected chi connectivity index (χ4v) is 3.60. The molecule has 0 amide bonds. The number of nitro groups is 1. The van der Waals surface area contributed by atoms with Crippen molar-refractivity contribution < 1.29 is 4.92 Å². The third kappa shape index (κ3) is 2.78. The highest BCUT2D eigenvalue weighted by Gasteiger charge is 2.30. The van der Waals surface area contributed by atoms with E-state index < -0.39 is 4.92 Å². The van der Waals surface area contributed by atoms with Crippen LogP contribution in [0.4, 0.5) is 5.69 Å². The summed E-state index contributed by atoms with van der Waals surface area (Å²) in [7, 11) is 0. The Morgan fingerprint density at radius 2 is 1.92 bits per heavy atom. The fraction of sp³-hybridized carbons (Fsp3) is 0.176. The maximum atomic E-state index is 11.2. The van der Waals surface area contributed by atoms with Gasteiger partial charge in [-0.2, -0.15) is 0 Å². The van der Waals surface area contributed by atoms with Crippen LogP contribution in [0.25, 0.3) is 11.3 Å². The summed E-state index contributed by atoms with van der Waals surface area (Å²) in [5.41, 5.74) is 2.15. The quantitative estimate of drug-likeness (QED) is 0.511. The molecular formula is C17H14N4O2S. The SMILES string of the molecule is O=[N+]([O-])c1cccnc1Sc1ncc(-c2ccccc2)n1C1CC1. The van der Waals surface area contributed by atoms with E-state index in [1.807, 2.05) is 36.5 Å². The molecule has 2 aromatic heterocycles. The van der Waals surface area contributed by atoms with Gasteiger partial charge in [-0.1, -0.05) is 30.3 Å². The highest BCUT2D eigenvalue weighted by atomic mass is 32.2. The average molecular weight is 338 g/mol. The summed E-state index contributed by atoms with van der Waals surface area (Å²) in [6.07, 6.45) is 5.62. The highest BCUT2D eigenvalue weighted by Crippen LogP contribution is 2.43. The lowest BCUT2D eigenvalue weighted by Gasteiger charge is -2.10. The molecule has 3 aromatic rings. The van der Waals surface area contributed by atoms with Crippen LogP contribution >= 0.6 is 11.8 Å². The molecule has 0 aliphatic heterocycles. The van der Waals surface area contributed by atoms with Crippen molar-refractivity contribution in [2.45, 2.75) is 29.1 Å². The van der Waals surface area contributed by atoms with Crippen LogP contribution < -0.4 is 0 Å². The second-order valence-electron chi connectivity index (χ2n) is 5.58. The normalized spacial score (nSPS) is 13.8. The zero-order valence-corrected chi connectivity index (χ0v) is 13.5. The molecule has 1 fully saturated rings. The molecule has 0 unspecified atom stereocenters. The molecule has 0 bridgehead atoms. The lowest BCUT2D eigenvalue weighted by atomic mass is 10.2. The maximum Gasteiger partial charge on any atom is 0.301 e. The first-order valence-corrected chi connectivity index (χ1v) is 8.45. The van der Waals surface area contributed by atoms with Crippen molar-refractivity contribution in [2.75, 3.05) is 0 Å². The molecule has 0 N–H and O–H groups in total. The van der Waals surface area contributed by atoms with E-state index in [1.54, 1.807) is 12.3 Å². The predicted molar refractivity (Wildman–Crippen MR) is 90.9 cm³/mol. The Hall–Kier alpha value is -2.67. The standard InChI is InChI=1S/C17H14N4O2S/c22-21(23)14-7-4-10-18-16(14)24-17-19-11-15(20(17)13-8-9-13)12-5-2-1-3-6-12/h1-7,10-11,13H,8-9H2. The van der Waals surface area contributed by atoms with Crippen molar-refractivity contribution in [2.24, 2.45) is 0 Å². The van der Waals surface area contributed by atoms with Crippen LogP contribution in [0, 0.1) is 10.1 Å². The molecule has 0 saturated heterocycles. The second-order valence-corrected chi connectivity index (χ2v) is 6.54. The summed E-state index contributed by atoms with van der Waals surface area (Å²) in [6.45, 7) is 0. The van der Waals surface area contributed by atoms with Crippen LogP contribution in [0.2, 0.25) is 0 Å². The Kier molecular flexibility index (Phi) is 3.78. The molecular weight excluding hydrogens is 324 g/mol. The van der Waals surface area contributed by atoms with Crippen LogP contribution in [0.15, 0.2) is 65.0 Å². The van der Waals surface area contributed by atoms with E-state index in [1.165, 1.54) is 17.8 Å². The maximum absolute atomic E-state index is 11.2. The van der Waals surface area contributed by atoms with Gasteiger partial charge in [-0.25, -0.2) is 9.97 Å². The summed E-state index contributed by atoms with van der Waals surface area (Å²) in [6, 6.07) is 13.5. The molecule has 24 heavy (non-hydrogen) atoms. The number of rotatable bonds is 5. The predicted octanol–water partition coefficient (Wildman–Crippen LogP) is 4.34. The van der Waals surface area contributed by atoms with Crippen LogP contribution in [0.1, 0.15) is 18.9 Å². The Bertz CT molecular complexity index is 891. The third-order valence-electron chi connectivity index (χ3n) is 3.88. The number of imidazole rings is 1. The minimum atomic E-state index is -0.405. The van der Waals surface area contributed by atoms with Gasteiger partial charge in [0.25, 0.3) is 0 Å². The number of hydrogen-bond acceptors (Lipinski definition) is 5. The molecule has 1 aliphatic carbocycles. The minimum Gasteiger partial charge on any atom is -0.316 e. The van der Waals surface area contributed by atoms with Gasteiger partial charge in [0.15, 0.2) is 10.2 Å². The van der Waals surface area contributed by atoms with Gasteiger partial charge in [-0.3, -0.25) is 10.1 Å². The Labute approximate surface area is 142 Å². The van der Waals surface area contributed by atoms with Crippen LogP contribution in [-0.2, 0) is 0 Å². The van der Waals surface area contributed by atoms with E-state index >= 15 is 0 Å². The number of hydrogen-bond donors (Lipinski definition) is 0. The largest absolute Gasteiger partial charge is 0.316 e. The van der Waals surface area contributed by atoms with Crippen LogP contribution in [-0.4, -0.2) is 19.5 Å². The molecule has 120 valence electrons. The van der Waals surface area contributed by atoms with Gasteiger partial charge in [0, 0.05) is 18.3 Å². The minimum absolute atomic E-state index is 0.00843. The van der Waals surface area contributed by atoms with Crippen LogP contribution in [0.5, 0.6) is 0 Å². The van der Waals surface area contributed by atoms with Crippen molar-refractivity contribution in [3.63, 3.8) is 0 Å². The molecule has 0 spiro atoms. The second kappa shape index (κ2) is 6.09. The molecule has 4 rings (SSSR count). The molecule has 6 nitrogen and oxygen atoms in total. The van der Waals surface area contributed by atoms with Gasteiger partial charge in [0.05, 0.1) is 16.8 Å². The average Bonchev–Trinajstić information content (AvgIpc) is 3.36. The molecule has 0 atom stereocenters. The molecule has 7 heteroatoms. The fourth-order valence-electron chi connectivity index (χ4n) is 2.61. The van der Waals surface area contributed by atoms with Gasteiger partial charge in [-0.05, 0) is 36.2 Å². The molecule has 1 aliphatic rings. The highest BCUT2D eigenvalue weighted by molar-refractivity contribution is 7.99. The van der Waals surface area contributed by atoms with E-state index in [2.05, 4.69) is 14.5 Å². The zero-order valence-electron chi connectivity index (χ0n) is 12.7. The van der Waals surface area contributed by atoms with E-state index in [-0.39, 0.29) is 5.69 Å². The Balaban J connectivity index is 1.75. The van der Waals surface area contributed by atoms with E-state index in [9.17, 15) is 10.1 Å². The van der Waals surface area contributed by atoms with Crippen molar-refractivity contribution in [3.8, 4) is 11.3 Å². The van der Waals surface area contributed by atoms with E-state index in [0.717, 1.165) is 29.3 Å². The molecule has 1 aromatic carbocycles. The van der Waals surface area contributed by atoms with E-state index in [4.69, 9.17) is 0 Å². The summed E-state index contributed by atoms with van der Waals surface area (Å²) < 4.78 is 2.18. The third-order valence-corrected chi connectivity index (χ3v) is 4.87. The molecule has 1 saturated carbocycles. The Morgan fingerprint density at radius 3 is 2.62 bits per heavy atom. The van der Waals surface area contributed by atoms with Gasteiger partial charge < -0.3 is 4.57 Å². The summed E-state index contributed by atoms with van der Waals surface area (Å²) >= 11 is 1.25. The van der Waals surface area contributed by atoms with E-state index in [0.29, 0.717) is 11.1 Å². The molecule has 0 radical (unpaired) electrons. The van der Waals surface area contributed by atoms with Crippen molar-refractivity contribution >= 4 is 17.4 Å². The molecule has 2 heterocycles. The zero-order chi connectivity index (χ0) is 16.5. The monoisotopic (exact) mass is 338 g/mol. The van der Waals surface area contributed by atoms with Gasteiger partial charge >= 0.3 is 5.69 Å². The lowest BCUT2D eigenvalue weighted by Crippen LogP contribution is -2.00. The lowest BCUT2D eigenvalue weighted by molar-refractivity contribution is -0.388. The summed E-state index contributed by atoms with van der Waals surface area (Å²) in [5.74, 6) is 0. The number of pyridine rings is 1. The summed E-state index contributed by atoms with van der Waals surface area (Å²) in [5, 5.41) is 12.3. The number of aromatic nitrogens is 3. The number of nitrogens with zero attached hydrogens (tertiary/aromatic N) is 4. The first-order valence-electron chi connectivity index (χ1n) is 7.64. The van der Waals surface area contributed by atoms with Gasteiger partial charge in [0.1, 0.15) is 0 Å². The van der Waals surface area contributed by atoms with Crippen molar-refractivity contribution in [1.29, 1.82) is 0 Å². The first kappa shape index (κ1) is 14.9. The van der Waals surface area contributed by atoms with Crippen molar-refractivity contribution in [3.05, 3.63) is 65.0 Å². The van der Waals surface area contributed by atoms with Crippen LogP contribution in [0.3, 0.4) is 0 Å². The van der Waals surface area contributed by atoms with Crippen molar-refractivity contribution in [1.82, 2.24) is 14.5 Å². The Morgan fingerprint density at radius 1 is 1.12 bits per heavy atom. The van der Waals surface area contributed by atoms with Gasteiger partial charge in [0.2, 0.25) is 0 Å². The van der Waals surface area contributed by atoms with Gasteiger partial charge in [-0.15, -0.1) is 0 Å². The smallest absolute Gasteiger partial charge is 0.301 e. The first-order chi connectivity index (χ1) is 11.7.